The van der Waals surface area contributed by atoms with Gasteiger partial charge >= 0.3 is 0 Å². The molecule has 3 rings (SSSR count). The van der Waals surface area contributed by atoms with Gasteiger partial charge in [-0.15, -0.1) is 11.3 Å². The van der Waals surface area contributed by atoms with Crippen molar-refractivity contribution in [1.29, 1.82) is 10.7 Å². The van der Waals surface area contributed by atoms with E-state index in [1.54, 1.807) is 13.1 Å². The molecule has 1 aromatic heterocycles. The third kappa shape index (κ3) is 3.14. The summed E-state index contributed by atoms with van der Waals surface area (Å²) < 4.78 is 14.5. The van der Waals surface area contributed by atoms with Crippen LogP contribution in [0.15, 0.2) is 24.3 Å². The van der Waals surface area contributed by atoms with Crippen LogP contribution in [-0.2, 0) is 10.3 Å². The Labute approximate surface area is 162 Å². The van der Waals surface area contributed by atoms with Crippen molar-refractivity contribution in [1.82, 2.24) is 10.2 Å². The maximum atomic E-state index is 13.6. The number of nitrogens with zero attached hydrogens (tertiary/aromatic N) is 2. The van der Waals surface area contributed by atoms with Gasteiger partial charge in [0, 0.05) is 17.5 Å². The van der Waals surface area contributed by atoms with Crippen molar-refractivity contribution in [3.05, 3.63) is 43.4 Å². The number of hydrogen-bond acceptors (Lipinski definition) is 4. The maximum absolute atomic E-state index is 13.6. The predicted molar refractivity (Wildman–Crippen MR) is 103 cm³/mol. The maximum Gasteiger partial charge on any atom is 0.231 e. The second-order valence-electron chi connectivity index (χ2n) is 6.04. The molecule has 0 unspecified atom stereocenters. The SMILES string of the molecule is CN1C(=N)N[C@](C)(c2cc(-c3ccc(F)c(C#N)c3)c(I)s2)CC1=O. The Kier molecular flexibility index (Phi) is 4.55. The van der Waals surface area contributed by atoms with Gasteiger partial charge in [0.2, 0.25) is 5.91 Å². The van der Waals surface area contributed by atoms with Gasteiger partial charge in [-0.3, -0.25) is 15.1 Å². The molecule has 1 saturated heterocycles. The van der Waals surface area contributed by atoms with E-state index in [0.29, 0.717) is 0 Å². The number of nitrogens with one attached hydrogen (secondary N) is 2. The summed E-state index contributed by atoms with van der Waals surface area (Å²) in [7, 11) is 1.57. The van der Waals surface area contributed by atoms with Crippen molar-refractivity contribution in [2.75, 3.05) is 7.05 Å². The van der Waals surface area contributed by atoms with Crippen LogP contribution in [0.3, 0.4) is 0 Å². The van der Waals surface area contributed by atoms with Gasteiger partial charge < -0.3 is 5.32 Å². The summed E-state index contributed by atoms with van der Waals surface area (Å²) >= 11 is 3.72. The van der Waals surface area contributed by atoms with Crippen molar-refractivity contribution < 1.29 is 9.18 Å². The largest absolute Gasteiger partial charge is 0.345 e. The van der Waals surface area contributed by atoms with Crippen LogP contribution in [-0.4, -0.2) is 23.8 Å². The van der Waals surface area contributed by atoms with Crippen LogP contribution >= 0.6 is 33.9 Å². The summed E-state index contributed by atoms with van der Waals surface area (Å²) in [5.74, 6) is -0.596. The number of guanidine groups is 1. The molecule has 1 fully saturated rings. The summed E-state index contributed by atoms with van der Waals surface area (Å²) in [4.78, 5) is 14.4. The van der Waals surface area contributed by atoms with Crippen LogP contribution in [0.2, 0.25) is 0 Å². The van der Waals surface area contributed by atoms with E-state index in [0.717, 1.165) is 18.9 Å². The van der Waals surface area contributed by atoms with E-state index in [9.17, 15) is 9.18 Å². The minimum Gasteiger partial charge on any atom is -0.345 e. The third-order valence-electron chi connectivity index (χ3n) is 4.24. The number of amides is 1. The third-order valence-corrected chi connectivity index (χ3v) is 6.67. The van der Waals surface area contributed by atoms with Crippen LogP contribution in [0.5, 0.6) is 0 Å². The highest BCUT2D eigenvalue weighted by Gasteiger charge is 2.39. The molecule has 128 valence electrons. The highest BCUT2D eigenvalue weighted by atomic mass is 127. The number of rotatable bonds is 2. The molecule has 1 aliphatic heterocycles. The molecule has 0 spiro atoms. The minimum absolute atomic E-state index is 0.00151. The summed E-state index contributed by atoms with van der Waals surface area (Å²) in [6, 6.07) is 8.26. The molecule has 0 bridgehead atoms. The topological polar surface area (TPSA) is 80.0 Å². The van der Waals surface area contributed by atoms with E-state index in [4.69, 9.17) is 10.7 Å². The van der Waals surface area contributed by atoms with Gasteiger partial charge in [0.15, 0.2) is 5.96 Å². The summed E-state index contributed by atoms with van der Waals surface area (Å²) in [5, 5.41) is 20.1. The number of thiophene rings is 1. The second kappa shape index (κ2) is 6.38. The molecule has 2 heterocycles. The highest BCUT2D eigenvalue weighted by Crippen LogP contribution is 2.40. The molecular weight excluding hydrogens is 454 g/mol. The molecule has 1 atom stereocenters. The zero-order valence-electron chi connectivity index (χ0n) is 13.5. The molecule has 0 saturated carbocycles. The molecule has 8 heteroatoms. The van der Waals surface area contributed by atoms with Crippen LogP contribution in [0.1, 0.15) is 23.8 Å². The van der Waals surface area contributed by atoms with Crippen molar-refractivity contribution in [3.8, 4) is 17.2 Å². The molecule has 1 aromatic carbocycles. The van der Waals surface area contributed by atoms with E-state index in [2.05, 4.69) is 27.9 Å². The lowest BCUT2D eigenvalue weighted by Crippen LogP contribution is -2.57. The van der Waals surface area contributed by atoms with Crippen molar-refractivity contribution in [2.24, 2.45) is 0 Å². The smallest absolute Gasteiger partial charge is 0.231 e. The van der Waals surface area contributed by atoms with Crippen LogP contribution in [0, 0.1) is 25.4 Å². The lowest BCUT2D eigenvalue weighted by atomic mass is 9.92. The van der Waals surface area contributed by atoms with E-state index >= 15 is 0 Å². The van der Waals surface area contributed by atoms with Crippen LogP contribution in [0.4, 0.5) is 4.39 Å². The van der Waals surface area contributed by atoms with Crippen molar-refractivity contribution in [2.45, 2.75) is 18.9 Å². The fraction of sp³-hybridized carbons (Fsp3) is 0.235. The van der Waals surface area contributed by atoms with Gasteiger partial charge in [-0.2, -0.15) is 5.26 Å². The Morgan fingerprint density at radius 3 is 2.84 bits per heavy atom. The number of nitriles is 1. The molecular formula is C17H14FIN4OS. The first kappa shape index (κ1) is 17.8. The Balaban J connectivity index is 2.02. The van der Waals surface area contributed by atoms with Gasteiger partial charge in [0.05, 0.1) is 20.4 Å². The zero-order chi connectivity index (χ0) is 18.4. The first-order valence-electron chi connectivity index (χ1n) is 7.38. The van der Waals surface area contributed by atoms with Gasteiger partial charge in [0.1, 0.15) is 11.9 Å². The number of carbonyl (C=O) groups is 1. The minimum atomic E-state index is -0.665. The van der Waals surface area contributed by atoms with Crippen molar-refractivity contribution in [3.63, 3.8) is 0 Å². The van der Waals surface area contributed by atoms with Gasteiger partial charge in [-0.25, -0.2) is 4.39 Å². The van der Waals surface area contributed by atoms with E-state index in [1.807, 2.05) is 19.1 Å². The predicted octanol–water partition coefficient (Wildman–Crippen LogP) is 3.63. The van der Waals surface area contributed by atoms with E-state index in [1.165, 1.54) is 28.4 Å². The summed E-state index contributed by atoms with van der Waals surface area (Å²) in [5.41, 5.74) is 0.976. The fourth-order valence-electron chi connectivity index (χ4n) is 2.70. The first-order chi connectivity index (χ1) is 11.7. The molecule has 2 aromatic rings. The number of halogens is 2. The monoisotopic (exact) mass is 468 g/mol. The standard InChI is InChI=1S/C17H14FIN4OS/c1-17(7-14(24)23(2)16(21)22-17)13-6-11(15(19)25-13)9-3-4-12(18)10(5-9)8-20/h3-6H,7H2,1-2H3,(H2,21,22)/t17-/m0/s1. The Hall–Kier alpha value is -1.99. The highest BCUT2D eigenvalue weighted by molar-refractivity contribution is 14.1. The number of benzene rings is 1. The fourth-order valence-corrected chi connectivity index (χ4v) is 4.88. The normalized spacial score (nSPS) is 20.4. The van der Waals surface area contributed by atoms with Gasteiger partial charge in [-0.1, -0.05) is 6.07 Å². The van der Waals surface area contributed by atoms with E-state index in [-0.39, 0.29) is 23.9 Å². The van der Waals surface area contributed by atoms with Crippen molar-refractivity contribution >= 4 is 45.8 Å². The lowest BCUT2D eigenvalue weighted by molar-refractivity contribution is -0.129. The average Bonchev–Trinajstić information content (AvgIpc) is 2.96. The van der Waals surface area contributed by atoms with E-state index < -0.39 is 11.4 Å². The van der Waals surface area contributed by atoms with Gasteiger partial charge in [0.25, 0.3) is 0 Å². The zero-order valence-corrected chi connectivity index (χ0v) is 16.5. The number of hydrogen-bond donors (Lipinski definition) is 2. The molecule has 5 nitrogen and oxygen atoms in total. The Morgan fingerprint density at radius 2 is 2.20 bits per heavy atom. The Morgan fingerprint density at radius 1 is 1.48 bits per heavy atom. The first-order valence-corrected chi connectivity index (χ1v) is 9.28. The summed E-state index contributed by atoms with van der Waals surface area (Å²) in [6.07, 6.45) is 0.245. The average molecular weight is 468 g/mol. The van der Waals surface area contributed by atoms with Crippen LogP contribution < -0.4 is 5.32 Å². The molecule has 25 heavy (non-hydrogen) atoms. The van der Waals surface area contributed by atoms with Crippen LogP contribution in [0.25, 0.3) is 11.1 Å². The molecule has 0 radical (unpaired) electrons. The lowest BCUT2D eigenvalue weighted by Gasteiger charge is -2.38. The molecule has 0 aliphatic carbocycles. The van der Waals surface area contributed by atoms with Gasteiger partial charge in [-0.05, 0) is 53.3 Å². The number of carbonyl (C=O) groups excluding carboxylic acids is 1. The second-order valence-corrected chi connectivity index (χ2v) is 8.90. The quantitative estimate of drug-likeness (QED) is 0.661. The summed E-state index contributed by atoms with van der Waals surface area (Å²) in [6.45, 7) is 1.89. The Bertz CT molecular complexity index is 915. The molecule has 1 amide bonds. The molecule has 1 aliphatic rings. The molecule has 2 N–H and O–H groups in total.